The van der Waals surface area contributed by atoms with E-state index in [2.05, 4.69) is 10.3 Å². The smallest absolute Gasteiger partial charge is 0.287 e. The van der Waals surface area contributed by atoms with Crippen LogP contribution in [-0.4, -0.2) is 39.9 Å². The second-order valence-electron chi connectivity index (χ2n) is 7.87. The van der Waals surface area contributed by atoms with E-state index in [-0.39, 0.29) is 17.8 Å². The standard InChI is InChI=1S/C22H23FN4O3/c1-13-19-18(30-21(13)22(28)25-10-17-3-2-8-29-17)5-4-14-11-27(26-20(14)19)12-16-9-15(23)6-7-24-16/h6-7,9,11,17H,2-5,8,10,12H2,1H3,(H,25,28)/t17-/m0/s1. The average Bonchev–Trinajstić information content (AvgIpc) is 3.44. The predicted octanol–water partition coefficient (Wildman–Crippen LogP) is 3.04. The summed E-state index contributed by atoms with van der Waals surface area (Å²) in [5.74, 6) is 0.592. The number of hydrogen-bond acceptors (Lipinski definition) is 5. The second-order valence-corrected chi connectivity index (χ2v) is 7.87. The Morgan fingerprint density at radius 1 is 1.40 bits per heavy atom. The molecule has 1 amide bonds. The molecule has 2 aliphatic rings. The molecule has 1 saturated heterocycles. The fourth-order valence-electron chi connectivity index (χ4n) is 4.25. The number of hydrogen-bond donors (Lipinski definition) is 1. The molecule has 0 saturated carbocycles. The van der Waals surface area contributed by atoms with Crippen molar-refractivity contribution in [1.82, 2.24) is 20.1 Å². The summed E-state index contributed by atoms with van der Waals surface area (Å²) in [6.07, 6.45) is 7.00. The molecule has 1 N–H and O–H groups in total. The second kappa shape index (κ2) is 7.68. The molecule has 1 fully saturated rings. The van der Waals surface area contributed by atoms with Gasteiger partial charge in [0.15, 0.2) is 5.76 Å². The first-order valence-corrected chi connectivity index (χ1v) is 10.3. The monoisotopic (exact) mass is 410 g/mol. The molecule has 1 aliphatic heterocycles. The molecule has 3 aromatic heterocycles. The van der Waals surface area contributed by atoms with Crippen LogP contribution in [0.4, 0.5) is 4.39 Å². The molecule has 0 spiro atoms. The van der Waals surface area contributed by atoms with Gasteiger partial charge >= 0.3 is 0 Å². The number of fused-ring (bicyclic) bond motifs is 3. The van der Waals surface area contributed by atoms with Crippen LogP contribution in [0.25, 0.3) is 11.3 Å². The number of rotatable bonds is 5. The highest BCUT2D eigenvalue weighted by Gasteiger charge is 2.30. The van der Waals surface area contributed by atoms with Gasteiger partial charge in [0.05, 0.1) is 24.0 Å². The van der Waals surface area contributed by atoms with Gasteiger partial charge in [-0.05, 0) is 43.9 Å². The number of carbonyl (C=O) groups is 1. The van der Waals surface area contributed by atoms with Crippen molar-refractivity contribution in [3.8, 4) is 11.3 Å². The zero-order valence-corrected chi connectivity index (χ0v) is 16.8. The van der Waals surface area contributed by atoms with Gasteiger partial charge in [0.2, 0.25) is 0 Å². The highest BCUT2D eigenvalue weighted by atomic mass is 19.1. The molecule has 30 heavy (non-hydrogen) atoms. The lowest BCUT2D eigenvalue weighted by atomic mass is 9.93. The van der Waals surface area contributed by atoms with Crippen LogP contribution >= 0.6 is 0 Å². The number of amides is 1. The lowest BCUT2D eigenvalue weighted by Crippen LogP contribution is -2.31. The Hall–Kier alpha value is -3.00. The first-order chi connectivity index (χ1) is 14.6. The van der Waals surface area contributed by atoms with E-state index >= 15 is 0 Å². The Labute approximate surface area is 173 Å². The van der Waals surface area contributed by atoms with Crippen molar-refractivity contribution in [2.45, 2.75) is 45.3 Å². The van der Waals surface area contributed by atoms with Crippen molar-refractivity contribution in [2.75, 3.05) is 13.2 Å². The van der Waals surface area contributed by atoms with Crippen LogP contribution in [0.3, 0.4) is 0 Å². The molecule has 0 radical (unpaired) electrons. The van der Waals surface area contributed by atoms with Gasteiger partial charge < -0.3 is 14.5 Å². The zero-order valence-electron chi connectivity index (χ0n) is 16.8. The van der Waals surface area contributed by atoms with Crippen LogP contribution in [0, 0.1) is 12.7 Å². The van der Waals surface area contributed by atoms with Gasteiger partial charge in [-0.2, -0.15) is 5.10 Å². The topological polar surface area (TPSA) is 82.2 Å². The van der Waals surface area contributed by atoms with Gasteiger partial charge in [0, 0.05) is 43.1 Å². The van der Waals surface area contributed by atoms with Crippen LogP contribution in [0.5, 0.6) is 0 Å². The van der Waals surface area contributed by atoms with Gasteiger partial charge in [-0.3, -0.25) is 14.5 Å². The number of ether oxygens (including phenoxy) is 1. The number of carbonyl (C=O) groups excluding carboxylic acids is 1. The van der Waals surface area contributed by atoms with Gasteiger partial charge in [-0.1, -0.05) is 0 Å². The number of nitrogens with one attached hydrogen (secondary N) is 1. The van der Waals surface area contributed by atoms with E-state index < -0.39 is 0 Å². The highest BCUT2D eigenvalue weighted by molar-refractivity contribution is 5.95. The number of aromatic nitrogens is 3. The Bertz CT molecular complexity index is 1100. The molecule has 0 bridgehead atoms. The van der Waals surface area contributed by atoms with E-state index in [1.54, 1.807) is 4.68 Å². The summed E-state index contributed by atoms with van der Waals surface area (Å²) >= 11 is 0. The Morgan fingerprint density at radius 2 is 2.30 bits per heavy atom. The molecule has 7 nitrogen and oxygen atoms in total. The van der Waals surface area contributed by atoms with Gasteiger partial charge in [-0.15, -0.1) is 0 Å². The van der Waals surface area contributed by atoms with Gasteiger partial charge in [0.25, 0.3) is 5.91 Å². The lowest BCUT2D eigenvalue weighted by molar-refractivity contribution is 0.0833. The molecule has 4 heterocycles. The molecular weight excluding hydrogens is 387 g/mol. The van der Waals surface area contributed by atoms with Crippen LogP contribution < -0.4 is 5.32 Å². The summed E-state index contributed by atoms with van der Waals surface area (Å²) in [6.45, 7) is 3.52. The van der Waals surface area contributed by atoms with Gasteiger partial charge in [-0.25, -0.2) is 4.39 Å². The quantitative estimate of drug-likeness (QED) is 0.699. The number of furan rings is 1. The zero-order chi connectivity index (χ0) is 20.7. The Balaban J connectivity index is 1.38. The minimum Gasteiger partial charge on any atom is -0.455 e. The summed E-state index contributed by atoms with van der Waals surface area (Å²) in [5.41, 5.74) is 4.21. The fourth-order valence-corrected chi connectivity index (χ4v) is 4.25. The molecule has 0 aromatic carbocycles. The predicted molar refractivity (Wildman–Crippen MR) is 107 cm³/mol. The van der Waals surface area contributed by atoms with Crippen molar-refractivity contribution in [3.05, 3.63) is 58.7 Å². The largest absolute Gasteiger partial charge is 0.455 e. The molecular formula is C22H23FN4O3. The Kier molecular flexibility index (Phi) is 4.86. The third-order valence-electron chi connectivity index (χ3n) is 5.74. The molecule has 3 aromatic rings. The Morgan fingerprint density at radius 3 is 3.10 bits per heavy atom. The maximum absolute atomic E-state index is 13.5. The van der Waals surface area contributed by atoms with Gasteiger partial charge in [0.1, 0.15) is 11.6 Å². The highest BCUT2D eigenvalue weighted by Crippen LogP contribution is 2.38. The SMILES string of the molecule is Cc1c(C(=O)NC[C@@H]2CCCO2)oc2c1-c1nn(Cc3cc(F)ccn3)cc1CC2. The van der Waals surface area contributed by atoms with E-state index in [9.17, 15) is 9.18 Å². The average molecular weight is 410 g/mol. The number of halogens is 1. The van der Waals surface area contributed by atoms with E-state index in [1.165, 1.54) is 18.3 Å². The van der Waals surface area contributed by atoms with Crippen LogP contribution in [0.2, 0.25) is 0 Å². The minimum absolute atomic E-state index is 0.0811. The molecule has 0 unspecified atom stereocenters. The molecule has 1 aliphatic carbocycles. The van der Waals surface area contributed by atoms with Crippen LogP contribution in [-0.2, 0) is 24.1 Å². The first kappa shape index (κ1) is 19.0. The normalized spacial score (nSPS) is 17.6. The summed E-state index contributed by atoms with van der Waals surface area (Å²) in [5, 5.41) is 7.63. The number of aryl methyl sites for hydroxylation is 2. The van der Waals surface area contributed by atoms with Crippen LogP contribution in [0.1, 0.15) is 46.0 Å². The van der Waals surface area contributed by atoms with Crippen molar-refractivity contribution in [2.24, 2.45) is 0 Å². The summed E-state index contributed by atoms with van der Waals surface area (Å²) in [6, 6.07) is 2.73. The molecule has 156 valence electrons. The third-order valence-corrected chi connectivity index (χ3v) is 5.74. The maximum Gasteiger partial charge on any atom is 0.287 e. The number of nitrogens with zero attached hydrogens (tertiary/aromatic N) is 3. The fraction of sp³-hybridized carbons (Fsp3) is 0.409. The van der Waals surface area contributed by atoms with E-state index in [0.29, 0.717) is 31.0 Å². The summed E-state index contributed by atoms with van der Waals surface area (Å²) in [4.78, 5) is 16.9. The lowest BCUT2D eigenvalue weighted by Gasteiger charge is -2.10. The van der Waals surface area contributed by atoms with E-state index in [1.807, 2.05) is 13.1 Å². The first-order valence-electron chi connectivity index (χ1n) is 10.3. The molecule has 1 atom stereocenters. The van der Waals surface area contributed by atoms with Crippen molar-refractivity contribution in [1.29, 1.82) is 0 Å². The van der Waals surface area contributed by atoms with Crippen LogP contribution in [0.15, 0.2) is 28.9 Å². The summed E-state index contributed by atoms with van der Waals surface area (Å²) in [7, 11) is 0. The maximum atomic E-state index is 13.5. The molecule has 5 rings (SSSR count). The minimum atomic E-state index is -0.316. The molecule has 8 heteroatoms. The summed E-state index contributed by atoms with van der Waals surface area (Å²) < 4.78 is 26.7. The van der Waals surface area contributed by atoms with Crippen molar-refractivity contribution < 1.29 is 18.3 Å². The number of pyridine rings is 1. The third kappa shape index (κ3) is 3.52. The van der Waals surface area contributed by atoms with Crippen molar-refractivity contribution in [3.63, 3.8) is 0 Å². The van der Waals surface area contributed by atoms with Crippen molar-refractivity contribution >= 4 is 5.91 Å². The van der Waals surface area contributed by atoms with E-state index in [0.717, 1.165) is 54.0 Å². The van der Waals surface area contributed by atoms with E-state index in [4.69, 9.17) is 14.3 Å².